The van der Waals surface area contributed by atoms with Gasteiger partial charge in [-0.2, -0.15) is 4.31 Å². The van der Waals surface area contributed by atoms with E-state index in [1.807, 2.05) is 31.2 Å². The van der Waals surface area contributed by atoms with E-state index in [0.29, 0.717) is 5.56 Å². The second-order valence-corrected chi connectivity index (χ2v) is 7.67. The molecule has 5 nitrogen and oxygen atoms in total. The predicted octanol–water partition coefficient (Wildman–Crippen LogP) is 2.49. The minimum atomic E-state index is -3.87. The van der Waals surface area contributed by atoms with Crippen LogP contribution in [-0.2, 0) is 14.8 Å². The summed E-state index contributed by atoms with van der Waals surface area (Å²) < 4.78 is 25.7. The smallest absolute Gasteiger partial charge is 0.321 e. The molecule has 2 aromatic carbocycles. The first-order valence-electron chi connectivity index (χ1n) is 7.61. The molecule has 0 heterocycles. The maximum atomic E-state index is 12.4. The van der Waals surface area contributed by atoms with Gasteiger partial charge in [0, 0.05) is 18.2 Å². The lowest BCUT2D eigenvalue weighted by molar-refractivity contribution is -0.140. The third-order valence-electron chi connectivity index (χ3n) is 3.84. The zero-order valence-corrected chi connectivity index (χ0v) is 15.0. The van der Waals surface area contributed by atoms with Crippen molar-refractivity contribution in [1.29, 1.82) is 0 Å². The summed E-state index contributed by atoms with van der Waals surface area (Å²) in [6.45, 7) is 3.32. The molecule has 0 bridgehead atoms. The van der Waals surface area contributed by atoms with E-state index in [9.17, 15) is 13.2 Å². The molecule has 1 atom stereocenters. The summed E-state index contributed by atoms with van der Waals surface area (Å²) in [5.74, 6) is 4.79. The van der Waals surface area contributed by atoms with Gasteiger partial charge < -0.3 is 5.11 Å². The molecule has 0 unspecified atom stereocenters. The topological polar surface area (TPSA) is 74.7 Å². The van der Waals surface area contributed by atoms with E-state index in [0.717, 1.165) is 15.4 Å². The summed E-state index contributed by atoms with van der Waals surface area (Å²) in [5.41, 5.74) is 2.70. The summed E-state index contributed by atoms with van der Waals surface area (Å²) in [7, 11) is -2.62. The largest absolute Gasteiger partial charge is 0.480 e. The Balaban J connectivity index is 2.22. The van der Waals surface area contributed by atoms with Crippen LogP contribution in [-0.4, -0.2) is 36.9 Å². The molecule has 25 heavy (non-hydrogen) atoms. The number of rotatable bonds is 4. The SMILES string of the molecule is Cc1ccc(C#Cc2ccc(S(=O)(=O)N(C)[C@H](C)C(=O)O)cc2)cc1. The van der Waals surface area contributed by atoms with Gasteiger partial charge >= 0.3 is 5.97 Å². The van der Waals surface area contributed by atoms with Crippen LogP contribution in [0, 0.1) is 18.8 Å². The molecule has 0 amide bonds. The first-order valence-corrected chi connectivity index (χ1v) is 9.05. The molecule has 0 aromatic heterocycles. The monoisotopic (exact) mass is 357 g/mol. The Hall–Kier alpha value is -2.62. The average molecular weight is 357 g/mol. The van der Waals surface area contributed by atoms with Crippen LogP contribution in [0.4, 0.5) is 0 Å². The van der Waals surface area contributed by atoms with Crippen molar-refractivity contribution in [3.05, 3.63) is 65.2 Å². The van der Waals surface area contributed by atoms with Gasteiger partial charge in [-0.1, -0.05) is 29.5 Å². The van der Waals surface area contributed by atoms with Gasteiger partial charge in [0.2, 0.25) is 10.0 Å². The fraction of sp³-hybridized carbons (Fsp3) is 0.211. The maximum absolute atomic E-state index is 12.4. The van der Waals surface area contributed by atoms with Crippen LogP contribution in [0.5, 0.6) is 0 Å². The molecule has 6 heteroatoms. The summed E-state index contributed by atoms with van der Waals surface area (Å²) >= 11 is 0. The highest BCUT2D eigenvalue weighted by atomic mass is 32.2. The van der Waals surface area contributed by atoms with Crippen molar-refractivity contribution >= 4 is 16.0 Å². The van der Waals surface area contributed by atoms with Crippen molar-refractivity contribution in [3.8, 4) is 11.8 Å². The minimum Gasteiger partial charge on any atom is -0.480 e. The fourth-order valence-electron chi connectivity index (χ4n) is 2.02. The van der Waals surface area contributed by atoms with Crippen LogP contribution < -0.4 is 0 Å². The lowest BCUT2D eigenvalue weighted by atomic mass is 10.1. The number of aryl methyl sites for hydroxylation is 1. The second kappa shape index (κ2) is 7.51. The Morgan fingerprint density at radius 2 is 1.44 bits per heavy atom. The molecule has 2 aromatic rings. The molecule has 0 saturated heterocycles. The van der Waals surface area contributed by atoms with Crippen molar-refractivity contribution in [2.24, 2.45) is 0 Å². The number of carbonyl (C=O) groups is 1. The summed E-state index contributed by atoms with van der Waals surface area (Å²) in [4.78, 5) is 11.0. The lowest BCUT2D eigenvalue weighted by Crippen LogP contribution is -2.40. The van der Waals surface area contributed by atoms with Crippen LogP contribution in [0.15, 0.2) is 53.4 Å². The van der Waals surface area contributed by atoms with E-state index in [1.54, 1.807) is 12.1 Å². The Morgan fingerprint density at radius 3 is 1.88 bits per heavy atom. The minimum absolute atomic E-state index is 0.0315. The van der Waals surface area contributed by atoms with Crippen molar-refractivity contribution in [2.45, 2.75) is 24.8 Å². The maximum Gasteiger partial charge on any atom is 0.321 e. The molecule has 0 fully saturated rings. The molecule has 0 aliphatic carbocycles. The van der Waals surface area contributed by atoms with Crippen molar-refractivity contribution in [3.63, 3.8) is 0 Å². The van der Waals surface area contributed by atoms with E-state index >= 15 is 0 Å². The van der Waals surface area contributed by atoms with E-state index in [1.165, 1.54) is 26.1 Å². The normalized spacial score (nSPS) is 12.3. The highest BCUT2D eigenvalue weighted by Crippen LogP contribution is 2.17. The van der Waals surface area contributed by atoms with Crippen LogP contribution >= 0.6 is 0 Å². The highest BCUT2D eigenvalue weighted by molar-refractivity contribution is 7.89. The van der Waals surface area contributed by atoms with Gasteiger partial charge in [0.1, 0.15) is 6.04 Å². The van der Waals surface area contributed by atoms with Gasteiger partial charge in [-0.3, -0.25) is 4.79 Å². The van der Waals surface area contributed by atoms with Crippen LogP contribution in [0.25, 0.3) is 0 Å². The van der Waals surface area contributed by atoms with Crippen LogP contribution in [0.2, 0.25) is 0 Å². The number of likely N-dealkylation sites (N-methyl/N-ethyl adjacent to an activating group) is 1. The molecule has 0 aliphatic rings. The predicted molar refractivity (Wildman–Crippen MR) is 95.6 cm³/mol. The fourth-order valence-corrected chi connectivity index (χ4v) is 3.34. The van der Waals surface area contributed by atoms with E-state index < -0.39 is 22.0 Å². The summed E-state index contributed by atoms with van der Waals surface area (Å²) in [6, 6.07) is 12.7. The number of aliphatic carboxylic acids is 1. The third kappa shape index (κ3) is 4.47. The first-order chi connectivity index (χ1) is 11.7. The molecule has 0 saturated carbocycles. The van der Waals surface area contributed by atoms with Gasteiger partial charge in [0.25, 0.3) is 0 Å². The molecule has 0 aliphatic heterocycles. The standard InChI is InChI=1S/C19H19NO4S/c1-14-4-6-16(7-5-14)8-9-17-10-12-18(13-11-17)25(23,24)20(3)15(2)19(21)22/h4-7,10-13,15H,1-3H3,(H,21,22)/t15-/m1/s1. The average Bonchev–Trinajstić information content (AvgIpc) is 2.60. The van der Waals surface area contributed by atoms with Gasteiger partial charge in [-0.15, -0.1) is 0 Å². The Bertz CT molecular complexity index is 920. The number of sulfonamides is 1. The molecule has 130 valence electrons. The first kappa shape index (κ1) is 18.7. The summed E-state index contributed by atoms with van der Waals surface area (Å²) in [6.07, 6.45) is 0. The van der Waals surface area contributed by atoms with Crippen molar-refractivity contribution < 1.29 is 18.3 Å². The van der Waals surface area contributed by atoms with Gasteiger partial charge in [0.15, 0.2) is 0 Å². The van der Waals surface area contributed by atoms with Gasteiger partial charge in [-0.25, -0.2) is 8.42 Å². The summed E-state index contributed by atoms with van der Waals surface area (Å²) in [5, 5.41) is 8.98. The molecular formula is C19H19NO4S. The van der Waals surface area contributed by atoms with E-state index in [2.05, 4.69) is 11.8 Å². The zero-order chi connectivity index (χ0) is 18.6. The number of hydrogen-bond donors (Lipinski definition) is 1. The molecule has 0 spiro atoms. The Kier molecular flexibility index (Phi) is 5.62. The molecular weight excluding hydrogens is 338 g/mol. The van der Waals surface area contributed by atoms with Crippen molar-refractivity contribution in [2.75, 3.05) is 7.05 Å². The molecule has 1 N–H and O–H groups in total. The van der Waals surface area contributed by atoms with E-state index in [-0.39, 0.29) is 4.90 Å². The van der Waals surface area contributed by atoms with Crippen molar-refractivity contribution in [1.82, 2.24) is 4.31 Å². The Morgan fingerprint density at radius 1 is 1.00 bits per heavy atom. The molecule has 0 radical (unpaired) electrons. The van der Waals surface area contributed by atoms with E-state index in [4.69, 9.17) is 5.11 Å². The molecule has 2 rings (SSSR count). The number of nitrogens with zero attached hydrogens (tertiary/aromatic N) is 1. The zero-order valence-electron chi connectivity index (χ0n) is 14.2. The van der Waals surface area contributed by atoms with Crippen LogP contribution in [0.1, 0.15) is 23.6 Å². The van der Waals surface area contributed by atoms with Gasteiger partial charge in [-0.05, 0) is 50.2 Å². The number of hydrogen-bond acceptors (Lipinski definition) is 3. The second-order valence-electron chi connectivity index (χ2n) is 5.68. The number of carboxylic acids is 1. The van der Waals surface area contributed by atoms with Gasteiger partial charge in [0.05, 0.1) is 4.90 Å². The third-order valence-corrected chi connectivity index (χ3v) is 5.78. The van der Waals surface area contributed by atoms with Crippen LogP contribution in [0.3, 0.4) is 0 Å². The Labute approximate surface area is 148 Å². The number of benzene rings is 2. The lowest BCUT2D eigenvalue weighted by Gasteiger charge is -2.20. The highest BCUT2D eigenvalue weighted by Gasteiger charge is 2.29. The number of carboxylic acid groups (broad SMARTS) is 1. The quantitative estimate of drug-likeness (QED) is 0.853.